The van der Waals surface area contributed by atoms with Crippen LogP contribution in [0.3, 0.4) is 0 Å². The van der Waals surface area contributed by atoms with E-state index in [1.54, 1.807) is 12.1 Å². The molecule has 0 saturated heterocycles. The molecule has 0 aliphatic rings. The number of benzene rings is 1. The molecule has 5 nitrogen and oxygen atoms in total. The maximum atomic E-state index is 12.1. The van der Waals surface area contributed by atoms with Crippen molar-refractivity contribution in [1.29, 1.82) is 0 Å². The average molecular weight is 347 g/mol. The Labute approximate surface area is 140 Å². The predicted octanol–water partition coefficient (Wildman–Crippen LogP) is 2.72. The van der Waals surface area contributed by atoms with Crippen LogP contribution < -0.4 is 15.4 Å². The summed E-state index contributed by atoms with van der Waals surface area (Å²) in [6.07, 6.45) is -4.34. The first kappa shape index (κ1) is 20.1. The molecular weight excluding hydrogens is 323 g/mol. The zero-order valence-electron chi connectivity index (χ0n) is 13.9. The Balaban J connectivity index is 2.50. The molecule has 24 heavy (non-hydrogen) atoms. The van der Waals surface area contributed by atoms with E-state index in [1.807, 2.05) is 13.8 Å². The SMILES string of the molecule is CCNC(=NCc1ccc(OCC(F)(F)F)cc1)NCCOCC. The summed E-state index contributed by atoms with van der Waals surface area (Å²) in [6.45, 7) is 5.63. The van der Waals surface area contributed by atoms with Crippen LogP contribution in [0.5, 0.6) is 5.75 Å². The van der Waals surface area contributed by atoms with E-state index in [0.717, 1.165) is 12.1 Å². The number of rotatable bonds is 9. The number of hydrogen-bond acceptors (Lipinski definition) is 3. The van der Waals surface area contributed by atoms with Crippen LogP contribution in [-0.2, 0) is 11.3 Å². The first-order chi connectivity index (χ1) is 11.4. The van der Waals surface area contributed by atoms with Crippen LogP contribution in [0.25, 0.3) is 0 Å². The number of nitrogens with one attached hydrogen (secondary N) is 2. The van der Waals surface area contributed by atoms with Crippen molar-refractivity contribution in [2.75, 3.05) is 32.9 Å². The van der Waals surface area contributed by atoms with Crippen molar-refractivity contribution in [3.8, 4) is 5.75 Å². The number of nitrogens with zero attached hydrogens (tertiary/aromatic N) is 1. The number of guanidine groups is 1. The topological polar surface area (TPSA) is 54.9 Å². The Morgan fingerprint density at radius 1 is 1.12 bits per heavy atom. The van der Waals surface area contributed by atoms with Gasteiger partial charge in [-0.25, -0.2) is 4.99 Å². The maximum Gasteiger partial charge on any atom is 0.422 e. The van der Waals surface area contributed by atoms with E-state index < -0.39 is 12.8 Å². The van der Waals surface area contributed by atoms with Gasteiger partial charge in [0.15, 0.2) is 12.6 Å². The fraction of sp³-hybridized carbons (Fsp3) is 0.562. The predicted molar refractivity (Wildman–Crippen MR) is 87.3 cm³/mol. The number of alkyl halides is 3. The number of aliphatic imine (C=N–C) groups is 1. The molecule has 0 aliphatic carbocycles. The second kappa shape index (κ2) is 10.7. The molecule has 0 amide bonds. The highest BCUT2D eigenvalue weighted by molar-refractivity contribution is 5.79. The van der Waals surface area contributed by atoms with Gasteiger partial charge in [-0.05, 0) is 31.5 Å². The van der Waals surface area contributed by atoms with Gasteiger partial charge in [0.05, 0.1) is 13.2 Å². The largest absolute Gasteiger partial charge is 0.484 e. The molecule has 1 aromatic carbocycles. The summed E-state index contributed by atoms with van der Waals surface area (Å²) >= 11 is 0. The fourth-order valence-electron chi connectivity index (χ4n) is 1.75. The van der Waals surface area contributed by atoms with Crippen molar-refractivity contribution < 1.29 is 22.6 Å². The summed E-state index contributed by atoms with van der Waals surface area (Å²) < 4.78 is 46.2. The van der Waals surface area contributed by atoms with Gasteiger partial charge >= 0.3 is 6.18 Å². The van der Waals surface area contributed by atoms with E-state index >= 15 is 0 Å². The van der Waals surface area contributed by atoms with Crippen LogP contribution >= 0.6 is 0 Å². The van der Waals surface area contributed by atoms with Crippen LogP contribution in [0.4, 0.5) is 13.2 Å². The Hall–Kier alpha value is -1.96. The van der Waals surface area contributed by atoms with Crippen molar-refractivity contribution in [3.05, 3.63) is 29.8 Å². The third-order valence-corrected chi connectivity index (χ3v) is 2.83. The second-order valence-electron chi connectivity index (χ2n) is 4.87. The lowest BCUT2D eigenvalue weighted by molar-refractivity contribution is -0.153. The molecule has 0 aromatic heterocycles. The lowest BCUT2D eigenvalue weighted by Gasteiger charge is -2.11. The van der Waals surface area contributed by atoms with Gasteiger partial charge in [0.2, 0.25) is 0 Å². The minimum atomic E-state index is -4.34. The molecular formula is C16H24F3N3O2. The van der Waals surface area contributed by atoms with Crippen molar-refractivity contribution in [1.82, 2.24) is 10.6 Å². The highest BCUT2D eigenvalue weighted by Crippen LogP contribution is 2.19. The normalized spacial score (nSPS) is 12.1. The van der Waals surface area contributed by atoms with Gasteiger partial charge in [0.1, 0.15) is 5.75 Å². The third-order valence-electron chi connectivity index (χ3n) is 2.83. The summed E-state index contributed by atoms with van der Waals surface area (Å²) in [7, 11) is 0. The van der Waals surface area contributed by atoms with Gasteiger partial charge < -0.3 is 20.1 Å². The molecule has 0 bridgehead atoms. The Bertz CT molecular complexity index is 490. The molecule has 136 valence electrons. The molecule has 2 N–H and O–H groups in total. The Morgan fingerprint density at radius 2 is 1.83 bits per heavy atom. The molecule has 0 heterocycles. The monoisotopic (exact) mass is 347 g/mol. The molecule has 0 spiro atoms. The molecule has 1 rings (SSSR count). The first-order valence-electron chi connectivity index (χ1n) is 7.83. The molecule has 0 saturated carbocycles. The third kappa shape index (κ3) is 9.24. The summed E-state index contributed by atoms with van der Waals surface area (Å²) in [5.74, 6) is 0.844. The fourth-order valence-corrected chi connectivity index (χ4v) is 1.75. The quantitative estimate of drug-likeness (QED) is 0.410. The first-order valence-corrected chi connectivity index (χ1v) is 7.83. The van der Waals surface area contributed by atoms with Gasteiger partial charge in [-0.15, -0.1) is 0 Å². The van der Waals surface area contributed by atoms with Crippen LogP contribution in [-0.4, -0.2) is 45.0 Å². The van der Waals surface area contributed by atoms with Crippen LogP contribution in [0.1, 0.15) is 19.4 Å². The molecule has 1 aromatic rings. The summed E-state index contributed by atoms with van der Waals surface area (Å²) in [6, 6.07) is 6.40. The van der Waals surface area contributed by atoms with E-state index in [2.05, 4.69) is 20.4 Å². The lowest BCUT2D eigenvalue weighted by atomic mass is 10.2. The van der Waals surface area contributed by atoms with Gasteiger partial charge in [0.25, 0.3) is 0 Å². The minimum Gasteiger partial charge on any atom is -0.484 e. The van der Waals surface area contributed by atoms with Crippen molar-refractivity contribution in [3.63, 3.8) is 0 Å². The summed E-state index contributed by atoms with van der Waals surface area (Å²) in [5.41, 5.74) is 0.872. The van der Waals surface area contributed by atoms with E-state index in [4.69, 9.17) is 4.74 Å². The van der Waals surface area contributed by atoms with Gasteiger partial charge in [-0.3, -0.25) is 0 Å². The van der Waals surface area contributed by atoms with Crippen LogP contribution in [0, 0.1) is 0 Å². The van der Waals surface area contributed by atoms with E-state index in [-0.39, 0.29) is 5.75 Å². The van der Waals surface area contributed by atoms with E-state index in [1.165, 1.54) is 12.1 Å². The smallest absolute Gasteiger partial charge is 0.422 e. The molecule has 8 heteroatoms. The van der Waals surface area contributed by atoms with Crippen LogP contribution in [0.15, 0.2) is 29.3 Å². The van der Waals surface area contributed by atoms with Crippen molar-refractivity contribution in [2.24, 2.45) is 4.99 Å². The van der Waals surface area contributed by atoms with Gasteiger partial charge in [-0.2, -0.15) is 13.2 Å². The van der Waals surface area contributed by atoms with E-state index in [0.29, 0.717) is 32.3 Å². The molecule has 0 aliphatic heterocycles. The average Bonchev–Trinajstić information content (AvgIpc) is 2.55. The van der Waals surface area contributed by atoms with Gasteiger partial charge in [0, 0.05) is 19.7 Å². The molecule has 0 fully saturated rings. The Kier molecular flexibility index (Phi) is 8.99. The number of ether oxygens (including phenoxy) is 2. The second-order valence-corrected chi connectivity index (χ2v) is 4.87. The highest BCUT2D eigenvalue weighted by Gasteiger charge is 2.28. The molecule has 0 unspecified atom stereocenters. The van der Waals surface area contributed by atoms with Crippen molar-refractivity contribution in [2.45, 2.75) is 26.6 Å². The number of halogens is 3. The zero-order valence-corrected chi connectivity index (χ0v) is 13.9. The van der Waals surface area contributed by atoms with Gasteiger partial charge in [-0.1, -0.05) is 12.1 Å². The summed E-state index contributed by atoms with van der Waals surface area (Å²) in [5, 5.41) is 6.25. The maximum absolute atomic E-state index is 12.1. The zero-order chi connectivity index (χ0) is 17.8. The molecule has 0 atom stereocenters. The molecule has 0 radical (unpaired) electrons. The highest BCUT2D eigenvalue weighted by atomic mass is 19.4. The van der Waals surface area contributed by atoms with E-state index in [9.17, 15) is 13.2 Å². The number of hydrogen-bond donors (Lipinski definition) is 2. The summed E-state index contributed by atoms with van der Waals surface area (Å²) in [4.78, 5) is 4.41. The Morgan fingerprint density at radius 3 is 2.42 bits per heavy atom. The van der Waals surface area contributed by atoms with Crippen LogP contribution in [0.2, 0.25) is 0 Å². The van der Waals surface area contributed by atoms with Crippen molar-refractivity contribution >= 4 is 5.96 Å². The minimum absolute atomic E-state index is 0.182. The lowest BCUT2D eigenvalue weighted by Crippen LogP contribution is -2.39. The standard InChI is InChI=1S/C16H24F3N3O2/c1-3-20-15(21-9-10-23-4-2)22-11-13-5-7-14(8-6-13)24-12-16(17,18)19/h5-8H,3-4,9-12H2,1-2H3,(H2,20,21,22).